The van der Waals surface area contributed by atoms with Gasteiger partial charge in [0.05, 0.1) is 5.69 Å². The molecule has 0 radical (unpaired) electrons. The summed E-state index contributed by atoms with van der Waals surface area (Å²) in [5.41, 5.74) is 3.57. The summed E-state index contributed by atoms with van der Waals surface area (Å²) in [4.78, 5) is 24.7. The lowest BCUT2D eigenvalue weighted by atomic mass is 10.0. The van der Waals surface area contributed by atoms with Crippen LogP contribution < -0.4 is 5.56 Å². The van der Waals surface area contributed by atoms with Gasteiger partial charge in [0, 0.05) is 22.2 Å². The van der Waals surface area contributed by atoms with Gasteiger partial charge in [-0.15, -0.1) is 0 Å². The first-order valence-corrected chi connectivity index (χ1v) is 8.26. The molecule has 0 aliphatic carbocycles. The highest BCUT2D eigenvalue weighted by Gasteiger charge is 2.13. The van der Waals surface area contributed by atoms with Crippen molar-refractivity contribution in [2.45, 2.75) is 20.4 Å². The van der Waals surface area contributed by atoms with Crippen molar-refractivity contribution in [2.75, 3.05) is 0 Å². The first-order valence-electron chi connectivity index (χ1n) is 7.88. The summed E-state index contributed by atoms with van der Waals surface area (Å²) < 4.78 is 1.19. The standard InChI is InChI=1S/C20H17ClN2O2/c1-13-6-7-14(2)17(10-13)19(24)12-23-20(25)9-8-18(22-23)15-4-3-5-16(21)11-15/h3-11H,12H2,1-2H3. The average Bonchev–Trinajstić information content (AvgIpc) is 2.59. The number of ketones is 1. The molecule has 3 rings (SSSR count). The van der Waals surface area contributed by atoms with Crippen molar-refractivity contribution >= 4 is 17.4 Å². The maximum Gasteiger partial charge on any atom is 0.267 e. The van der Waals surface area contributed by atoms with E-state index in [1.54, 1.807) is 18.2 Å². The molecule has 0 aliphatic heterocycles. The zero-order chi connectivity index (χ0) is 18.0. The monoisotopic (exact) mass is 352 g/mol. The van der Waals surface area contributed by atoms with Crippen LogP contribution in [0.25, 0.3) is 11.3 Å². The maximum atomic E-state index is 12.6. The number of aromatic nitrogens is 2. The Hall–Kier alpha value is -2.72. The van der Waals surface area contributed by atoms with E-state index in [-0.39, 0.29) is 17.9 Å². The fourth-order valence-corrected chi connectivity index (χ4v) is 2.81. The fourth-order valence-electron chi connectivity index (χ4n) is 2.62. The van der Waals surface area contributed by atoms with Crippen LogP contribution in [0.5, 0.6) is 0 Å². The minimum Gasteiger partial charge on any atom is -0.292 e. The predicted molar refractivity (Wildman–Crippen MR) is 99.2 cm³/mol. The highest BCUT2D eigenvalue weighted by molar-refractivity contribution is 6.30. The highest BCUT2D eigenvalue weighted by Crippen LogP contribution is 2.20. The number of nitrogens with zero attached hydrogens (tertiary/aromatic N) is 2. The Morgan fingerprint density at radius 3 is 2.64 bits per heavy atom. The van der Waals surface area contributed by atoms with Gasteiger partial charge in [0.1, 0.15) is 6.54 Å². The van der Waals surface area contributed by atoms with Crippen LogP contribution >= 0.6 is 11.6 Å². The topological polar surface area (TPSA) is 52.0 Å². The van der Waals surface area contributed by atoms with Gasteiger partial charge >= 0.3 is 0 Å². The van der Waals surface area contributed by atoms with Crippen LogP contribution in [0.4, 0.5) is 0 Å². The summed E-state index contributed by atoms with van der Waals surface area (Å²) in [5.74, 6) is -0.140. The second-order valence-electron chi connectivity index (χ2n) is 5.97. The third-order valence-corrected chi connectivity index (χ3v) is 4.21. The fraction of sp³-hybridized carbons (Fsp3) is 0.150. The number of hydrogen-bond donors (Lipinski definition) is 0. The summed E-state index contributed by atoms with van der Waals surface area (Å²) >= 11 is 6.01. The molecule has 0 saturated heterocycles. The second kappa shape index (κ2) is 7.03. The summed E-state index contributed by atoms with van der Waals surface area (Å²) in [5, 5.41) is 4.91. The van der Waals surface area contributed by atoms with Crippen LogP contribution in [0.15, 0.2) is 59.4 Å². The van der Waals surface area contributed by atoms with E-state index in [2.05, 4.69) is 5.10 Å². The molecule has 0 amide bonds. The van der Waals surface area contributed by atoms with E-state index in [1.165, 1.54) is 10.7 Å². The van der Waals surface area contributed by atoms with Gasteiger partial charge in [-0.25, -0.2) is 4.68 Å². The van der Waals surface area contributed by atoms with E-state index in [1.807, 2.05) is 44.2 Å². The lowest BCUT2D eigenvalue weighted by Gasteiger charge is -2.09. The largest absolute Gasteiger partial charge is 0.292 e. The van der Waals surface area contributed by atoms with Crippen molar-refractivity contribution in [1.29, 1.82) is 0 Å². The van der Waals surface area contributed by atoms with Crippen molar-refractivity contribution in [2.24, 2.45) is 0 Å². The summed E-state index contributed by atoms with van der Waals surface area (Å²) in [6.45, 7) is 3.71. The van der Waals surface area contributed by atoms with E-state index in [0.717, 1.165) is 16.7 Å². The first-order chi connectivity index (χ1) is 11.9. The Balaban J connectivity index is 1.95. The molecule has 0 unspecified atom stereocenters. The molecule has 126 valence electrons. The van der Waals surface area contributed by atoms with E-state index in [4.69, 9.17) is 11.6 Å². The number of benzene rings is 2. The normalized spacial score (nSPS) is 10.7. The smallest absolute Gasteiger partial charge is 0.267 e. The maximum absolute atomic E-state index is 12.6. The van der Waals surface area contributed by atoms with Crippen LogP contribution in [0.3, 0.4) is 0 Å². The van der Waals surface area contributed by atoms with Crippen molar-refractivity contribution in [1.82, 2.24) is 9.78 Å². The molecule has 1 aromatic heterocycles. The van der Waals surface area contributed by atoms with Gasteiger partial charge in [-0.1, -0.05) is 41.4 Å². The van der Waals surface area contributed by atoms with Gasteiger partial charge in [-0.3, -0.25) is 9.59 Å². The molecule has 5 heteroatoms. The first kappa shape index (κ1) is 17.1. The third-order valence-electron chi connectivity index (χ3n) is 3.97. The number of carbonyl (C=O) groups is 1. The molecule has 25 heavy (non-hydrogen) atoms. The predicted octanol–water partition coefficient (Wildman–Crippen LogP) is 4.06. The van der Waals surface area contributed by atoms with Crippen LogP contribution in [0.2, 0.25) is 5.02 Å². The summed E-state index contributed by atoms with van der Waals surface area (Å²) in [6.07, 6.45) is 0. The van der Waals surface area contributed by atoms with Crippen LogP contribution in [-0.4, -0.2) is 15.6 Å². The van der Waals surface area contributed by atoms with Crippen LogP contribution in [-0.2, 0) is 6.54 Å². The second-order valence-corrected chi connectivity index (χ2v) is 6.40. The number of aryl methyl sites for hydroxylation is 2. The molecule has 0 spiro atoms. The van der Waals surface area contributed by atoms with Gasteiger partial charge in [-0.05, 0) is 43.7 Å². The molecule has 0 atom stereocenters. The molecular formula is C20H17ClN2O2. The van der Waals surface area contributed by atoms with Crippen molar-refractivity contribution in [3.63, 3.8) is 0 Å². The van der Waals surface area contributed by atoms with Crippen molar-refractivity contribution in [3.8, 4) is 11.3 Å². The van der Waals surface area contributed by atoms with Crippen LogP contribution in [0, 0.1) is 13.8 Å². The molecule has 0 aliphatic rings. The van der Waals surface area contributed by atoms with Gasteiger partial charge < -0.3 is 0 Å². The molecule has 3 aromatic rings. The number of carbonyl (C=O) groups excluding carboxylic acids is 1. The highest BCUT2D eigenvalue weighted by atomic mass is 35.5. The van der Waals surface area contributed by atoms with Gasteiger partial charge in [0.15, 0.2) is 5.78 Å². The quantitative estimate of drug-likeness (QED) is 0.665. The SMILES string of the molecule is Cc1ccc(C)c(C(=O)Cn2nc(-c3cccc(Cl)c3)ccc2=O)c1. The minimum absolute atomic E-state index is 0.0997. The Kier molecular flexibility index (Phi) is 4.81. The third kappa shape index (κ3) is 3.86. The molecule has 1 heterocycles. The van der Waals surface area contributed by atoms with E-state index < -0.39 is 0 Å². The van der Waals surface area contributed by atoms with Gasteiger partial charge in [0.25, 0.3) is 5.56 Å². The zero-order valence-electron chi connectivity index (χ0n) is 14.0. The molecule has 0 bridgehead atoms. The molecule has 2 aromatic carbocycles. The number of rotatable bonds is 4. The Morgan fingerprint density at radius 1 is 1.08 bits per heavy atom. The lowest BCUT2D eigenvalue weighted by Crippen LogP contribution is -2.26. The molecular weight excluding hydrogens is 336 g/mol. The molecule has 4 nitrogen and oxygen atoms in total. The average molecular weight is 353 g/mol. The minimum atomic E-state index is -0.315. The Labute approximate surface area is 150 Å². The van der Waals surface area contributed by atoms with E-state index in [0.29, 0.717) is 16.3 Å². The van der Waals surface area contributed by atoms with Crippen molar-refractivity contribution in [3.05, 3.63) is 86.7 Å². The van der Waals surface area contributed by atoms with Crippen LogP contribution in [0.1, 0.15) is 21.5 Å². The zero-order valence-corrected chi connectivity index (χ0v) is 14.7. The molecule has 0 N–H and O–H groups in total. The molecule has 0 fully saturated rings. The van der Waals surface area contributed by atoms with E-state index >= 15 is 0 Å². The summed E-state index contributed by atoms with van der Waals surface area (Å²) in [6, 6.07) is 16.0. The van der Waals surface area contributed by atoms with Gasteiger partial charge in [-0.2, -0.15) is 5.10 Å². The number of hydrogen-bond acceptors (Lipinski definition) is 3. The van der Waals surface area contributed by atoms with Gasteiger partial charge in [0.2, 0.25) is 0 Å². The molecule has 0 saturated carbocycles. The Bertz CT molecular complexity index is 1010. The lowest BCUT2D eigenvalue weighted by molar-refractivity contribution is 0.0965. The number of halogens is 1. The number of Topliss-reactive ketones (excluding diaryl/α,β-unsaturated/α-hetero) is 1. The summed E-state index contributed by atoms with van der Waals surface area (Å²) in [7, 11) is 0. The van der Waals surface area contributed by atoms with E-state index in [9.17, 15) is 9.59 Å². The van der Waals surface area contributed by atoms with Crippen molar-refractivity contribution < 1.29 is 4.79 Å². The Morgan fingerprint density at radius 2 is 1.88 bits per heavy atom.